The quantitative estimate of drug-likeness (QED) is 0.600. The molecule has 0 aromatic heterocycles. The van der Waals surface area contributed by atoms with Crippen LogP contribution in [0.4, 0.5) is 0 Å². The van der Waals surface area contributed by atoms with Gasteiger partial charge in [-0.05, 0) is 31.4 Å². The highest BCUT2D eigenvalue weighted by atomic mass is 32.2. The Morgan fingerprint density at radius 3 is 2.79 bits per heavy atom. The SMILES string of the molecule is CCNC(=O)CCNCC(C)CSC. The average Bonchev–Trinajstić information content (AvgIpc) is 2.13. The smallest absolute Gasteiger partial charge is 0.221 e. The van der Waals surface area contributed by atoms with Gasteiger partial charge in [0.2, 0.25) is 5.91 Å². The largest absolute Gasteiger partial charge is 0.356 e. The van der Waals surface area contributed by atoms with Crippen molar-refractivity contribution in [2.45, 2.75) is 20.3 Å². The number of hydrogen-bond acceptors (Lipinski definition) is 3. The van der Waals surface area contributed by atoms with Gasteiger partial charge in [-0.15, -0.1) is 0 Å². The summed E-state index contributed by atoms with van der Waals surface area (Å²) in [5.74, 6) is 1.99. The van der Waals surface area contributed by atoms with Crippen LogP contribution in [-0.4, -0.2) is 37.6 Å². The molecular formula is C10H22N2OS. The molecule has 0 bridgehead atoms. The van der Waals surface area contributed by atoms with Crippen LogP contribution in [0.1, 0.15) is 20.3 Å². The lowest BCUT2D eigenvalue weighted by atomic mass is 10.2. The number of nitrogens with one attached hydrogen (secondary N) is 2. The zero-order chi connectivity index (χ0) is 10.8. The van der Waals surface area contributed by atoms with Gasteiger partial charge in [0.25, 0.3) is 0 Å². The van der Waals surface area contributed by atoms with Crippen molar-refractivity contribution in [2.24, 2.45) is 5.92 Å². The van der Waals surface area contributed by atoms with Gasteiger partial charge in [0.05, 0.1) is 0 Å². The second kappa shape index (κ2) is 9.34. The molecule has 0 fully saturated rings. The van der Waals surface area contributed by atoms with Crippen molar-refractivity contribution in [1.82, 2.24) is 10.6 Å². The number of thioether (sulfide) groups is 1. The summed E-state index contributed by atoms with van der Waals surface area (Å²) in [6.07, 6.45) is 2.70. The summed E-state index contributed by atoms with van der Waals surface area (Å²) < 4.78 is 0. The van der Waals surface area contributed by atoms with Gasteiger partial charge in [-0.1, -0.05) is 6.92 Å². The maximum Gasteiger partial charge on any atom is 0.221 e. The molecule has 0 saturated carbocycles. The molecule has 0 radical (unpaired) electrons. The predicted octanol–water partition coefficient (Wildman–Crippen LogP) is 1.10. The third-order valence-electron chi connectivity index (χ3n) is 1.85. The van der Waals surface area contributed by atoms with E-state index in [4.69, 9.17) is 0 Å². The zero-order valence-corrected chi connectivity index (χ0v) is 10.2. The minimum absolute atomic E-state index is 0.137. The van der Waals surface area contributed by atoms with Crippen LogP contribution in [0.5, 0.6) is 0 Å². The van der Waals surface area contributed by atoms with E-state index in [1.54, 1.807) is 0 Å². The van der Waals surface area contributed by atoms with Crippen LogP contribution >= 0.6 is 11.8 Å². The fraction of sp³-hybridized carbons (Fsp3) is 0.900. The van der Waals surface area contributed by atoms with Gasteiger partial charge in [-0.25, -0.2) is 0 Å². The molecule has 14 heavy (non-hydrogen) atoms. The van der Waals surface area contributed by atoms with E-state index in [-0.39, 0.29) is 5.91 Å². The lowest BCUT2D eigenvalue weighted by Crippen LogP contribution is -2.29. The maximum absolute atomic E-state index is 11.1. The fourth-order valence-corrected chi connectivity index (χ4v) is 1.87. The second-order valence-corrected chi connectivity index (χ2v) is 4.38. The van der Waals surface area contributed by atoms with Crippen LogP contribution in [0, 0.1) is 5.92 Å². The number of carbonyl (C=O) groups is 1. The molecule has 84 valence electrons. The first-order valence-electron chi connectivity index (χ1n) is 5.17. The summed E-state index contributed by atoms with van der Waals surface area (Å²) >= 11 is 1.86. The molecule has 4 heteroatoms. The molecule has 0 aliphatic heterocycles. The molecule has 0 spiro atoms. The Morgan fingerprint density at radius 2 is 2.21 bits per heavy atom. The number of carbonyl (C=O) groups excluding carboxylic acids is 1. The van der Waals surface area contributed by atoms with Crippen LogP contribution in [0.25, 0.3) is 0 Å². The van der Waals surface area contributed by atoms with Crippen molar-refractivity contribution in [1.29, 1.82) is 0 Å². The Kier molecular flexibility index (Phi) is 9.19. The molecule has 3 nitrogen and oxygen atoms in total. The van der Waals surface area contributed by atoms with Crippen LogP contribution in [0.15, 0.2) is 0 Å². The van der Waals surface area contributed by atoms with Gasteiger partial charge in [-0.2, -0.15) is 11.8 Å². The van der Waals surface area contributed by atoms with E-state index in [1.165, 1.54) is 5.75 Å². The summed E-state index contributed by atoms with van der Waals surface area (Å²) in [7, 11) is 0. The van der Waals surface area contributed by atoms with Crippen molar-refractivity contribution < 1.29 is 4.79 Å². The molecule has 1 amide bonds. The van der Waals surface area contributed by atoms with Gasteiger partial charge >= 0.3 is 0 Å². The Labute approximate surface area is 91.4 Å². The van der Waals surface area contributed by atoms with Crippen molar-refractivity contribution in [3.63, 3.8) is 0 Å². The number of hydrogen-bond donors (Lipinski definition) is 2. The Bertz CT molecular complexity index is 153. The molecule has 0 heterocycles. The lowest BCUT2D eigenvalue weighted by molar-refractivity contribution is -0.120. The summed E-state index contributed by atoms with van der Waals surface area (Å²) in [6, 6.07) is 0. The first kappa shape index (κ1) is 13.8. The van der Waals surface area contributed by atoms with Gasteiger partial charge in [0, 0.05) is 19.5 Å². The van der Waals surface area contributed by atoms with E-state index in [0.29, 0.717) is 12.3 Å². The molecular weight excluding hydrogens is 196 g/mol. The molecule has 1 atom stereocenters. The highest BCUT2D eigenvalue weighted by Crippen LogP contribution is 2.02. The highest BCUT2D eigenvalue weighted by molar-refractivity contribution is 7.98. The molecule has 0 saturated heterocycles. The normalized spacial score (nSPS) is 12.5. The summed E-state index contributed by atoms with van der Waals surface area (Å²) in [5, 5.41) is 6.06. The standard InChI is InChI=1S/C10H22N2OS/c1-4-12-10(13)5-6-11-7-9(2)8-14-3/h9,11H,4-8H2,1-3H3,(H,12,13). The maximum atomic E-state index is 11.1. The van der Waals surface area contributed by atoms with Gasteiger partial charge < -0.3 is 10.6 Å². The number of amides is 1. The lowest BCUT2D eigenvalue weighted by Gasteiger charge is -2.10. The monoisotopic (exact) mass is 218 g/mol. The fourth-order valence-electron chi connectivity index (χ4n) is 1.18. The van der Waals surface area contributed by atoms with Crippen molar-refractivity contribution in [2.75, 3.05) is 31.6 Å². The van der Waals surface area contributed by atoms with E-state index in [1.807, 2.05) is 18.7 Å². The predicted molar refractivity (Wildman–Crippen MR) is 63.7 cm³/mol. The van der Waals surface area contributed by atoms with Gasteiger partial charge in [0.15, 0.2) is 0 Å². The van der Waals surface area contributed by atoms with Gasteiger partial charge in [-0.3, -0.25) is 4.79 Å². The van der Waals surface area contributed by atoms with Crippen LogP contribution in [0.3, 0.4) is 0 Å². The van der Waals surface area contributed by atoms with E-state index in [2.05, 4.69) is 23.8 Å². The molecule has 0 aromatic rings. The Balaban J connectivity index is 3.24. The molecule has 2 N–H and O–H groups in total. The molecule has 0 aliphatic rings. The van der Waals surface area contributed by atoms with Crippen molar-refractivity contribution in [3.05, 3.63) is 0 Å². The summed E-state index contributed by atoms with van der Waals surface area (Å²) in [5.41, 5.74) is 0. The molecule has 0 aromatic carbocycles. The van der Waals surface area contributed by atoms with E-state index in [0.717, 1.165) is 19.6 Å². The van der Waals surface area contributed by atoms with E-state index >= 15 is 0 Å². The molecule has 1 unspecified atom stereocenters. The van der Waals surface area contributed by atoms with Gasteiger partial charge in [0.1, 0.15) is 0 Å². The average molecular weight is 218 g/mol. The van der Waals surface area contributed by atoms with Crippen LogP contribution in [-0.2, 0) is 4.79 Å². The summed E-state index contributed by atoms with van der Waals surface area (Å²) in [4.78, 5) is 11.1. The first-order valence-corrected chi connectivity index (χ1v) is 6.56. The number of rotatable bonds is 8. The third kappa shape index (κ3) is 8.38. The minimum atomic E-state index is 0.137. The van der Waals surface area contributed by atoms with Crippen LogP contribution < -0.4 is 10.6 Å². The van der Waals surface area contributed by atoms with Crippen molar-refractivity contribution >= 4 is 17.7 Å². The topological polar surface area (TPSA) is 41.1 Å². The molecule has 0 aliphatic carbocycles. The van der Waals surface area contributed by atoms with Crippen LogP contribution in [0.2, 0.25) is 0 Å². The zero-order valence-electron chi connectivity index (χ0n) is 9.43. The third-order valence-corrected chi connectivity index (χ3v) is 2.75. The second-order valence-electron chi connectivity index (χ2n) is 3.47. The van der Waals surface area contributed by atoms with E-state index < -0.39 is 0 Å². The Hall–Kier alpha value is -0.220. The van der Waals surface area contributed by atoms with E-state index in [9.17, 15) is 4.79 Å². The van der Waals surface area contributed by atoms with Crippen molar-refractivity contribution in [3.8, 4) is 0 Å². The highest BCUT2D eigenvalue weighted by Gasteiger charge is 2.01. The minimum Gasteiger partial charge on any atom is -0.356 e. The first-order chi connectivity index (χ1) is 6.70. The Morgan fingerprint density at radius 1 is 1.50 bits per heavy atom. The molecule has 0 rings (SSSR count). The summed E-state index contributed by atoms with van der Waals surface area (Å²) in [6.45, 7) is 6.66.